The van der Waals surface area contributed by atoms with Gasteiger partial charge in [-0.05, 0) is 50.2 Å². The molecule has 0 amide bonds. The fraction of sp³-hybridized carbons (Fsp3) is 0.417. The van der Waals surface area contributed by atoms with Crippen molar-refractivity contribution in [3.8, 4) is 11.5 Å². The normalized spacial score (nSPS) is 17.1. The lowest BCUT2D eigenvalue weighted by Crippen LogP contribution is -2.43. The van der Waals surface area contributed by atoms with E-state index in [0.717, 1.165) is 48.8 Å². The second-order valence-electron chi connectivity index (χ2n) is 8.40. The number of piperidine rings is 1. The predicted octanol–water partition coefficient (Wildman–Crippen LogP) is 3.93. The molecule has 2 N–H and O–H groups in total. The maximum atomic E-state index is 14.7. The number of nitrogens with zero attached hydrogens (tertiary/aromatic N) is 3. The summed E-state index contributed by atoms with van der Waals surface area (Å²) >= 11 is 1.69. The number of aromatic nitrogens is 2. The number of benzene rings is 1. The van der Waals surface area contributed by atoms with E-state index in [1.54, 1.807) is 43.3 Å². The van der Waals surface area contributed by atoms with Gasteiger partial charge in [-0.3, -0.25) is 9.97 Å². The Balaban J connectivity index is 0.00000274. The Morgan fingerprint density at radius 3 is 2.88 bits per heavy atom. The number of thioether (sulfide) groups is 1. The first-order valence-electron chi connectivity index (χ1n) is 11.1. The van der Waals surface area contributed by atoms with Crippen LogP contribution in [0.5, 0.6) is 11.5 Å². The second kappa shape index (κ2) is 11.0. The zero-order valence-corrected chi connectivity index (χ0v) is 20.5. The van der Waals surface area contributed by atoms with Crippen LogP contribution in [0.2, 0.25) is 0 Å². The number of pyridine rings is 2. The van der Waals surface area contributed by atoms with Gasteiger partial charge in [-0.2, -0.15) is 0 Å². The van der Waals surface area contributed by atoms with Gasteiger partial charge in [-0.25, -0.2) is 4.39 Å². The summed E-state index contributed by atoms with van der Waals surface area (Å²) < 4.78 is 25.4. The Hall–Kier alpha value is -2.17. The first-order valence-corrected chi connectivity index (χ1v) is 12.1. The zero-order chi connectivity index (χ0) is 22.8. The van der Waals surface area contributed by atoms with Gasteiger partial charge in [0.15, 0.2) is 5.75 Å². The lowest BCUT2D eigenvalue weighted by molar-refractivity contribution is 0.0925. The van der Waals surface area contributed by atoms with Gasteiger partial charge in [-0.15, -0.1) is 12.4 Å². The minimum Gasteiger partial charge on any atom is -0.497 e. The van der Waals surface area contributed by atoms with Gasteiger partial charge >= 0.3 is 0 Å². The second-order valence-corrected chi connectivity index (χ2v) is 9.37. The highest BCUT2D eigenvalue weighted by atomic mass is 35.5. The summed E-state index contributed by atoms with van der Waals surface area (Å²) in [6.45, 7) is 2.77. The van der Waals surface area contributed by atoms with Crippen LogP contribution >= 0.6 is 24.2 Å². The third kappa shape index (κ3) is 5.39. The van der Waals surface area contributed by atoms with Crippen molar-refractivity contribution in [1.82, 2.24) is 20.2 Å². The molecule has 0 bridgehead atoms. The molecule has 1 atom stereocenters. The molecule has 1 aromatic carbocycles. The summed E-state index contributed by atoms with van der Waals surface area (Å²) in [6, 6.07) is 7.78. The molecule has 1 saturated heterocycles. The van der Waals surface area contributed by atoms with Crippen LogP contribution < -0.4 is 14.8 Å². The average molecular weight is 507 g/mol. The third-order valence-corrected chi connectivity index (χ3v) is 7.17. The lowest BCUT2D eigenvalue weighted by Gasteiger charge is -2.33. The van der Waals surface area contributed by atoms with Crippen LogP contribution in [0.25, 0.3) is 10.9 Å². The molecule has 0 saturated carbocycles. The highest BCUT2D eigenvalue weighted by molar-refractivity contribution is 7.99. The van der Waals surface area contributed by atoms with Gasteiger partial charge in [0.25, 0.3) is 0 Å². The van der Waals surface area contributed by atoms with Crippen molar-refractivity contribution < 1.29 is 19.0 Å². The smallest absolute Gasteiger partial charge is 0.152 e. The van der Waals surface area contributed by atoms with E-state index in [1.807, 2.05) is 0 Å². The van der Waals surface area contributed by atoms with Crippen LogP contribution in [-0.4, -0.2) is 58.7 Å². The van der Waals surface area contributed by atoms with Crippen molar-refractivity contribution in [2.45, 2.75) is 36.4 Å². The van der Waals surface area contributed by atoms with Gasteiger partial charge in [0, 0.05) is 30.1 Å². The number of nitrogens with one attached hydrogen (secondary N) is 1. The van der Waals surface area contributed by atoms with E-state index in [4.69, 9.17) is 9.47 Å². The SMILES string of the molecule is COc1ccc2ncc(F)c([C@@H](O)CN3CCC(NCc4cc5c(cn4)OCS5)CC3)c2c1.Cl. The predicted molar refractivity (Wildman–Crippen MR) is 132 cm³/mol. The maximum absolute atomic E-state index is 14.7. The Labute approximate surface area is 208 Å². The number of hydrogen-bond donors (Lipinski definition) is 2. The highest BCUT2D eigenvalue weighted by Crippen LogP contribution is 2.35. The summed E-state index contributed by atoms with van der Waals surface area (Å²) in [5.41, 5.74) is 1.93. The largest absolute Gasteiger partial charge is 0.497 e. The first kappa shape index (κ1) is 24.9. The van der Waals surface area contributed by atoms with Crippen LogP contribution in [0.3, 0.4) is 0 Å². The first-order chi connectivity index (χ1) is 16.1. The summed E-state index contributed by atoms with van der Waals surface area (Å²) in [5.74, 6) is 1.64. The van der Waals surface area contributed by atoms with Crippen molar-refractivity contribution in [2.24, 2.45) is 0 Å². The Morgan fingerprint density at radius 2 is 2.09 bits per heavy atom. The molecule has 1 fully saturated rings. The van der Waals surface area contributed by atoms with Gasteiger partial charge in [-0.1, -0.05) is 11.8 Å². The number of methoxy groups -OCH3 is 1. The molecule has 2 aliphatic heterocycles. The minimum absolute atomic E-state index is 0. The van der Waals surface area contributed by atoms with E-state index in [-0.39, 0.29) is 18.0 Å². The molecule has 7 nitrogen and oxygen atoms in total. The number of β-amino-alcohol motifs (C(OH)–C–C–N with tert-alkyl or cyclic N) is 1. The summed E-state index contributed by atoms with van der Waals surface area (Å²) in [7, 11) is 1.57. The maximum Gasteiger partial charge on any atom is 0.152 e. The molecule has 2 aliphatic rings. The van der Waals surface area contributed by atoms with Crippen LogP contribution in [0, 0.1) is 5.82 Å². The third-order valence-electron chi connectivity index (χ3n) is 6.31. The molecular formula is C24H28ClFN4O3S. The fourth-order valence-corrected chi connectivity index (χ4v) is 5.26. The van der Waals surface area contributed by atoms with Gasteiger partial charge in [0.1, 0.15) is 17.5 Å². The van der Waals surface area contributed by atoms with Gasteiger partial charge in [0.05, 0.1) is 41.7 Å². The van der Waals surface area contributed by atoms with Crippen LogP contribution in [0.15, 0.2) is 41.6 Å². The van der Waals surface area contributed by atoms with Crippen molar-refractivity contribution in [1.29, 1.82) is 0 Å². The summed E-state index contributed by atoms with van der Waals surface area (Å²) in [5, 5.41) is 15.1. The lowest BCUT2D eigenvalue weighted by atomic mass is 10.0. The molecule has 0 radical (unpaired) electrons. The highest BCUT2D eigenvalue weighted by Gasteiger charge is 2.24. The number of fused-ring (bicyclic) bond motifs is 2. The molecule has 0 unspecified atom stereocenters. The van der Waals surface area contributed by atoms with Crippen molar-refractivity contribution >= 4 is 35.1 Å². The molecule has 0 spiro atoms. The molecule has 5 rings (SSSR count). The van der Waals surface area contributed by atoms with Crippen molar-refractivity contribution in [3.05, 3.63) is 53.7 Å². The Bertz CT molecular complexity index is 1150. The summed E-state index contributed by atoms with van der Waals surface area (Å²) in [4.78, 5) is 12.0. The number of hydrogen-bond acceptors (Lipinski definition) is 8. The Morgan fingerprint density at radius 1 is 1.26 bits per heavy atom. The Kier molecular flexibility index (Phi) is 8.10. The summed E-state index contributed by atoms with van der Waals surface area (Å²) in [6.07, 6.45) is 3.96. The molecule has 34 heavy (non-hydrogen) atoms. The van der Waals surface area contributed by atoms with Crippen molar-refractivity contribution in [3.63, 3.8) is 0 Å². The number of halogens is 2. The van der Waals surface area contributed by atoms with Crippen LogP contribution in [0.1, 0.15) is 30.2 Å². The molecule has 3 aromatic rings. The molecule has 4 heterocycles. The van der Waals surface area contributed by atoms with E-state index < -0.39 is 11.9 Å². The van der Waals surface area contributed by atoms with Gasteiger partial charge in [0.2, 0.25) is 0 Å². The van der Waals surface area contributed by atoms with Gasteiger partial charge < -0.3 is 24.8 Å². The zero-order valence-electron chi connectivity index (χ0n) is 18.9. The van der Waals surface area contributed by atoms with E-state index in [9.17, 15) is 9.50 Å². The molecule has 182 valence electrons. The van der Waals surface area contributed by atoms with Crippen LogP contribution in [0.4, 0.5) is 4.39 Å². The molecule has 0 aliphatic carbocycles. The van der Waals surface area contributed by atoms with Crippen LogP contribution in [-0.2, 0) is 6.54 Å². The fourth-order valence-electron chi connectivity index (χ4n) is 4.48. The molecular weight excluding hydrogens is 479 g/mol. The quantitative estimate of drug-likeness (QED) is 0.499. The monoisotopic (exact) mass is 506 g/mol. The van der Waals surface area contributed by atoms with E-state index in [0.29, 0.717) is 35.2 Å². The van der Waals surface area contributed by atoms with E-state index >= 15 is 0 Å². The van der Waals surface area contributed by atoms with Crippen molar-refractivity contribution in [2.75, 3.05) is 32.7 Å². The number of rotatable bonds is 7. The number of aliphatic hydroxyl groups is 1. The van der Waals surface area contributed by atoms with E-state index in [2.05, 4.69) is 26.3 Å². The topological polar surface area (TPSA) is 79.7 Å². The average Bonchev–Trinajstić information content (AvgIpc) is 3.31. The van der Waals surface area contributed by atoms with E-state index in [1.165, 1.54) is 6.20 Å². The number of aliphatic hydroxyl groups excluding tert-OH is 1. The molecule has 2 aromatic heterocycles. The number of likely N-dealkylation sites (tertiary alicyclic amines) is 1. The number of ether oxygens (including phenoxy) is 2. The standard InChI is InChI=1S/C24H27FN4O3S.ClH/c1-31-17-2-3-20-18(9-17)24(19(25)11-28-20)21(30)13-29-6-4-15(5-7-29)26-10-16-8-23-22(12-27-16)32-14-33-23;/h2-3,8-9,11-12,15,21,26,30H,4-7,10,13-14H2,1H3;1H/t21-;/m0./s1. The molecule has 10 heteroatoms. The minimum atomic E-state index is -0.942.